The van der Waals surface area contributed by atoms with Gasteiger partial charge in [-0.25, -0.2) is 4.98 Å². The van der Waals surface area contributed by atoms with E-state index in [4.69, 9.17) is 5.11 Å². The number of carboxylic acid groups (broad SMARTS) is 1. The third kappa shape index (κ3) is 3.88. The molecule has 0 amide bonds. The van der Waals surface area contributed by atoms with Gasteiger partial charge in [-0.05, 0) is 29.8 Å². The number of carbonyl (C=O) groups is 1. The van der Waals surface area contributed by atoms with E-state index >= 15 is 0 Å². The van der Waals surface area contributed by atoms with Crippen LogP contribution in [0.15, 0.2) is 16.7 Å². The monoisotopic (exact) mass is 331 g/mol. The van der Waals surface area contributed by atoms with E-state index in [1.165, 1.54) is 12.3 Å². The molecule has 0 aromatic carbocycles. The molecule has 1 aromatic rings. The van der Waals surface area contributed by atoms with Crippen molar-refractivity contribution in [3.8, 4) is 0 Å². The minimum atomic E-state index is -0.953. The van der Waals surface area contributed by atoms with Crippen molar-refractivity contribution in [1.29, 1.82) is 0 Å². The lowest BCUT2D eigenvalue weighted by Crippen LogP contribution is -2.35. The number of nitro groups is 1. The summed E-state index contributed by atoms with van der Waals surface area (Å²) in [5.74, 6) is -0.768. The molecule has 7 nitrogen and oxygen atoms in total. The Morgan fingerprint density at radius 3 is 2.79 bits per heavy atom. The second kappa shape index (κ2) is 6.46. The zero-order valence-corrected chi connectivity index (χ0v) is 12.1. The highest BCUT2D eigenvalue weighted by Gasteiger charge is 2.25. The molecule has 0 aliphatic heterocycles. The third-order valence-electron chi connectivity index (χ3n) is 2.63. The van der Waals surface area contributed by atoms with Crippen LogP contribution < -0.4 is 4.90 Å². The molecule has 0 saturated carbocycles. The van der Waals surface area contributed by atoms with Crippen molar-refractivity contribution in [2.24, 2.45) is 0 Å². The van der Waals surface area contributed by atoms with E-state index < -0.39 is 10.9 Å². The van der Waals surface area contributed by atoms with E-state index in [1.54, 1.807) is 18.7 Å². The Balaban J connectivity index is 3.17. The first kappa shape index (κ1) is 15.4. The van der Waals surface area contributed by atoms with Crippen LogP contribution in [-0.4, -0.2) is 33.6 Å². The fraction of sp³-hybridized carbons (Fsp3) is 0.455. The Kier molecular flexibility index (Phi) is 5.22. The predicted molar refractivity (Wildman–Crippen MR) is 73.3 cm³/mol. The molecule has 8 heteroatoms. The average Bonchev–Trinajstić information content (AvgIpc) is 2.30. The fourth-order valence-corrected chi connectivity index (χ4v) is 2.13. The average molecular weight is 332 g/mol. The van der Waals surface area contributed by atoms with Crippen LogP contribution in [0.25, 0.3) is 0 Å². The maximum atomic E-state index is 11.0. The molecule has 0 saturated heterocycles. The van der Waals surface area contributed by atoms with Gasteiger partial charge in [0.25, 0.3) is 0 Å². The lowest BCUT2D eigenvalue weighted by molar-refractivity contribution is -0.384. The number of halogens is 1. The standard InChI is InChI=1S/C11H14BrN3O4/c1-3-14(7(2)4-10(16)17)11-9(15(18)19)5-8(12)6-13-11/h5-7H,3-4H2,1-2H3,(H,16,17). The lowest BCUT2D eigenvalue weighted by atomic mass is 10.2. The van der Waals surface area contributed by atoms with Gasteiger partial charge < -0.3 is 10.0 Å². The summed E-state index contributed by atoms with van der Waals surface area (Å²) >= 11 is 3.13. The maximum Gasteiger partial charge on any atom is 0.312 e. The summed E-state index contributed by atoms with van der Waals surface area (Å²) in [7, 11) is 0. The van der Waals surface area contributed by atoms with Gasteiger partial charge in [0.15, 0.2) is 0 Å². The Hall–Kier alpha value is -1.70. The van der Waals surface area contributed by atoms with Crippen LogP contribution in [0.4, 0.5) is 11.5 Å². The Bertz CT molecular complexity index is 495. The van der Waals surface area contributed by atoms with Crippen molar-refractivity contribution >= 4 is 33.4 Å². The topological polar surface area (TPSA) is 96.6 Å². The molecule has 1 aromatic heterocycles. The Morgan fingerprint density at radius 1 is 1.68 bits per heavy atom. The van der Waals surface area contributed by atoms with Crippen LogP contribution in [-0.2, 0) is 4.79 Å². The number of rotatable bonds is 6. The summed E-state index contributed by atoms with van der Waals surface area (Å²) in [6.45, 7) is 3.93. The summed E-state index contributed by atoms with van der Waals surface area (Å²) in [4.78, 5) is 26.9. The largest absolute Gasteiger partial charge is 0.481 e. The first-order valence-corrected chi connectivity index (χ1v) is 6.44. The van der Waals surface area contributed by atoms with E-state index in [1.807, 2.05) is 0 Å². The first-order valence-electron chi connectivity index (χ1n) is 5.65. The van der Waals surface area contributed by atoms with Gasteiger partial charge in [-0.2, -0.15) is 0 Å². The Labute approximate surface area is 118 Å². The number of aromatic nitrogens is 1. The highest BCUT2D eigenvalue weighted by molar-refractivity contribution is 9.10. The summed E-state index contributed by atoms with van der Waals surface area (Å²) in [5.41, 5.74) is -0.145. The summed E-state index contributed by atoms with van der Waals surface area (Å²) in [5, 5.41) is 19.9. The minimum Gasteiger partial charge on any atom is -0.481 e. The van der Waals surface area contributed by atoms with E-state index in [-0.39, 0.29) is 24.0 Å². The number of aliphatic carboxylic acids is 1. The fourth-order valence-electron chi connectivity index (χ4n) is 1.81. The lowest BCUT2D eigenvalue weighted by Gasteiger charge is -2.27. The molecule has 1 unspecified atom stereocenters. The van der Waals surface area contributed by atoms with Crippen molar-refractivity contribution in [2.75, 3.05) is 11.4 Å². The van der Waals surface area contributed by atoms with E-state index in [0.717, 1.165) is 0 Å². The van der Waals surface area contributed by atoms with Crippen LogP contribution in [0.5, 0.6) is 0 Å². The third-order valence-corrected chi connectivity index (χ3v) is 3.06. The molecule has 0 aliphatic carbocycles. The number of nitrogens with zero attached hydrogens (tertiary/aromatic N) is 3. The molecule has 1 atom stereocenters. The smallest absolute Gasteiger partial charge is 0.312 e. The molecule has 0 spiro atoms. The van der Waals surface area contributed by atoms with Crippen LogP contribution in [0.2, 0.25) is 0 Å². The molecule has 0 radical (unpaired) electrons. The van der Waals surface area contributed by atoms with Gasteiger partial charge in [-0.3, -0.25) is 14.9 Å². The number of hydrogen-bond donors (Lipinski definition) is 1. The van der Waals surface area contributed by atoms with Gasteiger partial charge in [0.2, 0.25) is 5.82 Å². The molecule has 1 N–H and O–H groups in total. The summed E-state index contributed by atoms with van der Waals surface area (Å²) in [6.07, 6.45) is 1.35. The van der Waals surface area contributed by atoms with Crippen LogP contribution >= 0.6 is 15.9 Å². The second-order valence-electron chi connectivity index (χ2n) is 3.99. The van der Waals surface area contributed by atoms with Crippen LogP contribution in [0.3, 0.4) is 0 Å². The molecule has 0 bridgehead atoms. The quantitative estimate of drug-likeness (QED) is 0.635. The SMILES string of the molecule is CCN(c1ncc(Br)cc1[N+](=O)[O-])C(C)CC(=O)O. The second-order valence-corrected chi connectivity index (χ2v) is 4.90. The van der Waals surface area contributed by atoms with Crippen LogP contribution in [0.1, 0.15) is 20.3 Å². The molecule has 19 heavy (non-hydrogen) atoms. The predicted octanol–water partition coefficient (Wildman–Crippen LogP) is 2.44. The van der Waals surface area contributed by atoms with Crippen molar-refractivity contribution in [3.05, 3.63) is 26.9 Å². The highest BCUT2D eigenvalue weighted by Crippen LogP contribution is 2.30. The zero-order valence-electron chi connectivity index (χ0n) is 10.5. The molecule has 0 aliphatic rings. The number of hydrogen-bond acceptors (Lipinski definition) is 5. The van der Waals surface area contributed by atoms with Crippen molar-refractivity contribution in [1.82, 2.24) is 4.98 Å². The van der Waals surface area contributed by atoms with E-state index in [0.29, 0.717) is 11.0 Å². The van der Waals surface area contributed by atoms with E-state index in [2.05, 4.69) is 20.9 Å². The molecule has 104 valence electrons. The van der Waals surface area contributed by atoms with Gasteiger partial charge in [0.1, 0.15) is 0 Å². The van der Waals surface area contributed by atoms with Gasteiger partial charge in [-0.15, -0.1) is 0 Å². The van der Waals surface area contributed by atoms with Crippen molar-refractivity contribution < 1.29 is 14.8 Å². The van der Waals surface area contributed by atoms with Gasteiger partial charge in [-0.1, -0.05) is 0 Å². The molecular weight excluding hydrogens is 318 g/mol. The highest BCUT2D eigenvalue weighted by atomic mass is 79.9. The van der Waals surface area contributed by atoms with Gasteiger partial charge >= 0.3 is 11.7 Å². The van der Waals surface area contributed by atoms with Crippen LogP contribution in [0, 0.1) is 10.1 Å². The minimum absolute atomic E-state index is 0.108. The Morgan fingerprint density at radius 2 is 2.32 bits per heavy atom. The van der Waals surface area contributed by atoms with Crippen molar-refractivity contribution in [2.45, 2.75) is 26.3 Å². The summed E-state index contributed by atoms with van der Waals surface area (Å²) < 4.78 is 0.505. The molecule has 0 fully saturated rings. The molecular formula is C11H14BrN3O4. The number of anilines is 1. The van der Waals surface area contributed by atoms with E-state index in [9.17, 15) is 14.9 Å². The normalized spacial score (nSPS) is 11.9. The van der Waals surface area contributed by atoms with Crippen molar-refractivity contribution in [3.63, 3.8) is 0 Å². The molecule has 1 rings (SSSR count). The molecule has 1 heterocycles. The maximum absolute atomic E-state index is 11.0. The number of carboxylic acids is 1. The zero-order chi connectivity index (χ0) is 14.6. The first-order chi connectivity index (χ1) is 8.86. The van der Waals surface area contributed by atoms with Gasteiger partial charge in [0.05, 0.1) is 11.3 Å². The summed E-state index contributed by atoms with van der Waals surface area (Å²) in [6, 6.07) is 0.980. The number of pyridine rings is 1. The van der Waals surface area contributed by atoms with Gasteiger partial charge in [0, 0.05) is 29.3 Å².